The molecule has 1 aromatic carbocycles. The van der Waals surface area contributed by atoms with Crippen molar-refractivity contribution in [3.63, 3.8) is 0 Å². The quantitative estimate of drug-likeness (QED) is 0.559. The molecule has 5 nitrogen and oxygen atoms in total. The predicted molar refractivity (Wildman–Crippen MR) is 82.5 cm³/mol. The van der Waals surface area contributed by atoms with Gasteiger partial charge in [-0.05, 0) is 24.8 Å². The summed E-state index contributed by atoms with van der Waals surface area (Å²) in [5.41, 5.74) is 0.995. The molecule has 0 fully saturated rings. The third kappa shape index (κ3) is 7.24. The number of benzene rings is 1. The molecule has 6 heteroatoms. The molecular formula is C15H23NO4S. The van der Waals surface area contributed by atoms with Gasteiger partial charge in [-0.1, -0.05) is 37.3 Å². The molecular weight excluding hydrogens is 290 g/mol. The maximum Gasteiger partial charge on any atom is 0.305 e. The van der Waals surface area contributed by atoms with Gasteiger partial charge >= 0.3 is 5.97 Å². The summed E-state index contributed by atoms with van der Waals surface area (Å²) in [6.07, 6.45) is 0.669. The molecule has 0 bridgehead atoms. The second kappa shape index (κ2) is 8.79. The van der Waals surface area contributed by atoms with Crippen LogP contribution in [0.1, 0.15) is 38.2 Å². The average Bonchev–Trinajstić information content (AvgIpc) is 2.44. The zero-order valence-corrected chi connectivity index (χ0v) is 13.4. The maximum atomic E-state index is 12.0. The van der Waals surface area contributed by atoms with Crippen LogP contribution in [0.2, 0.25) is 0 Å². The zero-order chi connectivity index (χ0) is 15.7. The van der Waals surface area contributed by atoms with Crippen LogP contribution in [0, 0.1) is 0 Å². The minimum absolute atomic E-state index is 0.0381. The molecule has 1 atom stereocenters. The van der Waals surface area contributed by atoms with Crippen LogP contribution in [0.3, 0.4) is 0 Å². The van der Waals surface area contributed by atoms with E-state index in [0.29, 0.717) is 13.0 Å². The van der Waals surface area contributed by atoms with Gasteiger partial charge in [-0.25, -0.2) is 13.1 Å². The number of nitrogens with one attached hydrogen (secondary N) is 1. The lowest BCUT2D eigenvalue weighted by molar-refractivity contribution is -0.143. The average molecular weight is 313 g/mol. The van der Waals surface area contributed by atoms with E-state index < -0.39 is 10.0 Å². The molecule has 0 saturated heterocycles. The van der Waals surface area contributed by atoms with Gasteiger partial charge in [-0.15, -0.1) is 0 Å². The smallest absolute Gasteiger partial charge is 0.305 e. The molecule has 0 saturated carbocycles. The summed E-state index contributed by atoms with van der Waals surface area (Å²) < 4.78 is 31.2. The topological polar surface area (TPSA) is 72.5 Å². The van der Waals surface area contributed by atoms with Gasteiger partial charge in [0.2, 0.25) is 10.0 Å². The van der Waals surface area contributed by atoms with Crippen LogP contribution in [0.4, 0.5) is 0 Å². The Hall–Kier alpha value is -1.40. The van der Waals surface area contributed by atoms with Gasteiger partial charge in [-0.3, -0.25) is 4.79 Å². The van der Waals surface area contributed by atoms with E-state index in [1.807, 2.05) is 37.3 Å². The van der Waals surface area contributed by atoms with Crippen LogP contribution in [-0.2, 0) is 19.6 Å². The van der Waals surface area contributed by atoms with Crippen molar-refractivity contribution in [2.24, 2.45) is 0 Å². The van der Waals surface area contributed by atoms with Crippen molar-refractivity contribution in [2.45, 2.75) is 32.6 Å². The minimum Gasteiger partial charge on any atom is -0.466 e. The molecule has 118 valence electrons. The van der Waals surface area contributed by atoms with Gasteiger partial charge in [0.1, 0.15) is 0 Å². The Labute approximate surface area is 126 Å². The number of ether oxygens (including phenoxy) is 1. The van der Waals surface area contributed by atoms with Crippen molar-refractivity contribution < 1.29 is 17.9 Å². The van der Waals surface area contributed by atoms with Crippen molar-refractivity contribution in [1.82, 2.24) is 4.72 Å². The fraction of sp³-hybridized carbons (Fsp3) is 0.533. The van der Waals surface area contributed by atoms with Crippen LogP contribution in [0.25, 0.3) is 0 Å². The Kier molecular flexibility index (Phi) is 7.39. The second-order valence-corrected chi connectivity index (χ2v) is 6.75. The van der Waals surface area contributed by atoms with Gasteiger partial charge in [0, 0.05) is 13.0 Å². The number of hydrogen-bond acceptors (Lipinski definition) is 4. The standard InChI is InChI=1S/C15H23NO4S/c1-3-20-15(17)10-7-11-16-21(18,19)12-13(2)14-8-5-4-6-9-14/h4-6,8-9,13,16H,3,7,10-12H2,1-2H3. The summed E-state index contributed by atoms with van der Waals surface area (Å²) in [4.78, 5) is 11.1. The third-order valence-corrected chi connectivity index (χ3v) is 4.61. The number of carbonyl (C=O) groups is 1. The van der Waals surface area contributed by atoms with Gasteiger partial charge < -0.3 is 4.74 Å². The van der Waals surface area contributed by atoms with Crippen LogP contribution >= 0.6 is 0 Å². The van der Waals surface area contributed by atoms with E-state index in [-0.39, 0.29) is 30.6 Å². The Morgan fingerprint density at radius 2 is 1.95 bits per heavy atom. The molecule has 0 aliphatic rings. The van der Waals surface area contributed by atoms with E-state index in [9.17, 15) is 13.2 Å². The van der Waals surface area contributed by atoms with E-state index >= 15 is 0 Å². The van der Waals surface area contributed by atoms with Crippen molar-refractivity contribution in [3.8, 4) is 0 Å². The fourth-order valence-corrected chi connectivity index (χ4v) is 3.38. The van der Waals surface area contributed by atoms with E-state index in [1.54, 1.807) is 6.92 Å². The molecule has 1 aromatic rings. The Morgan fingerprint density at radius 1 is 1.29 bits per heavy atom. The number of esters is 1. The molecule has 1 rings (SSSR count). The van der Waals surface area contributed by atoms with Gasteiger partial charge in [0.25, 0.3) is 0 Å². The zero-order valence-electron chi connectivity index (χ0n) is 12.5. The van der Waals surface area contributed by atoms with Crippen LogP contribution in [0.5, 0.6) is 0 Å². The Bertz CT molecular complexity index is 528. The summed E-state index contributed by atoms with van der Waals surface area (Å²) in [6, 6.07) is 9.52. The highest BCUT2D eigenvalue weighted by Gasteiger charge is 2.16. The molecule has 0 aliphatic heterocycles. The van der Waals surface area contributed by atoms with Gasteiger partial charge in [0.05, 0.1) is 12.4 Å². The molecule has 0 heterocycles. The predicted octanol–water partition coefficient (Wildman–Crippen LogP) is 2.05. The summed E-state index contributed by atoms with van der Waals surface area (Å²) in [5.74, 6) is -0.334. The SMILES string of the molecule is CCOC(=O)CCCNS(=O)(=O)CC(C)c1ccccc1. The highest BCUT2D eigenvalue weighted by atomic mass is 32.2. The Balaban J connectivity index is 2.35. The lowest BCUT2D eigenvalue weighted by Gasteiger charge is -2.13. The minimum atomic E-state index is -3.34. The molecule has 0 amide bonds. The number of sulfonamides is 1. The number of hydrogen-bond donors (Lipinski definition) is 1. The van der Waals surface area contributed by atoms with Crippen molar-refractivity contribution >= 4 is 16.0 Å². The van der Waals surface area contributed by atoms with Gasteiger partial charge in [-0.2, -0.15) is 0 Å². The first-order chi connectivity index (χ1) is 9.94. The highest BCUT2D eigenvalue weighted by molar-refractivity contribution is 7.89. The fourth-order valence-electron chi connectivity index (χ4n) is 1.96. The number of rotatable bonds is 9. The summed E-state index contributed by atoms with van der Waals surface area (Å²) in [5, 5.41) is 0. The first kappa shape index (κ1) is 17.7. The van der Waals surface area contributed by atoms with Crippen molar-refractivity contribution in [2.75, 3.05) is 18.9 Å². The summed E-state index contributed by atoms with van der Waals surface area (Å²) in [7, 11) is -3.34. The van der Waals surface area contributed by atoms with Crippen LogP contribution in [0.15, 0.2) is 30.3 Å². The third-order valence-electron chi connectivity index (χ3n) is 3.02. The number of carbonyl (C=O) groups excluding carboxylic acids is 1. The van der Waals surface area contributed by atoms with E-state index in [0.717, 1.165) is 5.56 Å². The van der Waals surface area contributed by atoms with E-state index in [2.05, 4.69) is 4.72 Å². The van der Waals surface area contributed by atoms with E-state index in [4.69, 9.17) is 4.74 Å². The first-order valence-electron chi connectivity index (χ1n) is 7.12. The molecule has 1 N–H and O–H groups in total. The van der Waals surface area contributed by atoms with E-state index in [1.165, 1.54) is 0 Å². The van der Waals surface area contributed by atoms with Gasteiger partial charge in [0.15, 0.2) is 0 Å². The first-order valence-corrected chi connectivity index (χ1v) is 8.77. The van der Waals surface area contributed by atoms with Crippen molar-refractivity contribution in [1.29, 1.82) is 0 Å². The summed E-state index contributed by atoms with van der Waals surface area (Å²) in [6.45, 7) is 4.22. The monoisotopic (exact) mass is 313 g/mol. The lowest BCUT2D eigenvalue weighted by Crippen LogP contribution is -2.29. The Morgan fingerprint density at radius 3 is 2.57 bits per heavy atom. The largest absolute Gasteiger partial charge is 0.466 e. The summed E-state index contributed by atoms with van der Waals surface area (Å²) >= 11 is 0. The molecule has 1 unspecified atom stereocenters. The lowest BCUT2D eigenvalue weighted by atomic mass is 10.0. The molecule has 0 aliphatic carbocycles. The molecule has 0 radical (unpaired) electrons. The second-order valence-electron chi connectivity index (χ2n) is 4.90. The van der Waals surface area contributed by atoms with Crippen LogP contribution < -0.4 is 4.72 Å². The molecule has 0 spiro atoms. The molecule has 21 heavy (non-hydrogen) atoms. The molecule has 0 aromatic heterocycles. The normalized spacial score (nSPS) is 12.9. The highest BCUT2D eigenvalue weighted by Crippen LogP contribution is 2.16. The maximum absolute atomic E-state index is 12.0. The van der Waals surface area contributed by atoms with Crippen molar-refractivity contribution in [3.05, 3.63) is 35.9 Å². The van der Waals surface area contributed by atoms with Crippen LogP contribution in [-0.4, -0.2) is 33.3 Å².